The molecule has 0 aliphatic carbocycles. The van der Waals surface area contributed by atoms with Crippen molar-refractivity contribution >= 4 is 38.7 Å². The predicted octanol–water partition coefficient (Wildman–Crippen LogP) is 3.68. The average molecular weight is 330 g/mol. The smallest absolute Gasteiger partial charge is 0.255 e. The molecule has 0 amide bonds. The molecule has 1 fully saturated rings. The van der Waals surface area contributed by atoms with Crippen LogP contribution in [-0.2, 0) is 0 Å². The number of aromatic nitrogens is 1. The maximum Gasteiger partial charge on any atom is 0.255 e. The summed E-state index contributed by atoms with van der Waals surface area (Å²) in [7, 11) is 1.82. The summed E-state index contributed by atoms with van der Waals surface area (Å²) in [6, 6.07) is 16.8. The van der Waals surface area contributed by atoms with Crippen LogP contribution in [0, 0.1) is 0 Å². The van der Waals surface area contributed by atoms with Gasteiger partial charge >= 0.3 is 0 Å². The van der Waals surface area contributed by atoms with Crippen molar-refractivity contribution in [3.63, 3.8) is 0 Å². The van der Waals surface area contributed by atoms with E-state index >= 15 is 0 Å². The van der Waals surface area contributed by atoms with Gasteiger partial charge < -0.3 is 9.32 Å². The molecule has 0 saturated carbocycles. The Morgan fingerprint density at radius 3 is 2.64 bits per heavy atom. The highest BCUT2D eigenvalue weighted by molar-refractivity contribution is 6.02. The highest BCUT2D eigenvalue weighted by atomic mass is 16.3. The molecule has 0 spiro atoms. The lowest BCUT2D eigenvalue weighted by atomic mass is 10.1. The van der Waals surface area contributed by atoms with Crippen LogP contribution in [-0.4, -0.2) is 20.1 Å². The highest BCUT2D eigenvalue weighted by Crippen LogP contribution is 2.27. The number of nitrogens with one attached hydrogen (secondary N) is 1. The Hall–Kier alpha value is -2.88. The quantitative estimate of drug-likeness (QED) is 0.395. The van der Waals surface area contributed by atoms with Gasteiger partial charge in [-0.25, -0.2) is 0 Å². The summed E-state index contributed by atoms with van der Waals surface area (Å²) in [5.41, 5.74) is 5.04. The summed E-state index contributed by atoms with van der Waals surface area (Å²) in [5.74, 6) is 0. The predicted molar refractivity (Wildman–Crippen MR) is 101 cm³/mol. The van der Waals surface area contributed by atoms with E-state index in [1.807, 2.05) is 19.2 Å². The zero-order valence-corrected chi connectivity index (χ0v) is 14.2. The molecule has 1 N–H and O–H groups in total. The summed E-state index contributed by atoms with van der Waals surface area (Å²) in [4.78, 5) is 10.3. The van der Waals surface area contributed by atoms with Crippen molar-refractivity contribution in [2.45, 2.75) is 12.8 Å². The molecule has 1 aromatic heterocycles. The van der Waals surface area contributed by atoms with E-state index in [-0.39, 0.29) is 0 Å². The largest absolute Gasteiger partial charge is 0.443 e. The highest BCUT2D eigenvalue weighted by Gasteiger charge is 2.16. The molecule has 2 heterocycles. The number of hydrogen-bond donors (Lipinski definition) is 0. The van der Waals surface area contributed by atoms with Crippen LogP contribution in [0.3, 0.4) is 0 Å². The molecule has 124 valence electrons. The third-order valence-corrected chi connectivity index (χ3v) is 5.14. The molecule has 25 heavy (non-hydrogen) atoms. The fourth-order valence-electron chi connectivity index (χ4n) is 3.76. The molecule has 0 atom stereocenters. The summed E-state index contributed by atoms with van der Waals surface area (Å²) in [5, 5.41) is 3.28. The Kier molecular flexibility index (Phi) is 3.23. The molecule has 0 unspecified atom stereocenters. The van der Waals surface area contributed by atoms with E-state index in [9.17, 15) is 0 Å². The number of aromatic amines is 1. The maximum atomic E-state index is 6.24. The fraction of sp³-hybridized carbons (Fsp3) is 0.238. The lowest BCUT2D eigenvalue weighted by molar-refractivity contribution is -0.310. The SMILES string of the molecule is CN=c1ccc2ccc3oc4cc(N5CCCC5)ccc4[nH+]c3c2c1. The molecule has 0 bridgehead atoms. The van der Waals surface area contributed by atoms with Gasteiger partial charge in [0.15, 0.2) is 5.58 Å². The number of anilines is 1. The Morgan fingerprint density at radius 1 is 0.960 bits per heavy atom. The monoisotopic (exact) mass is 330 g/mol. The molecule has 0 radical (unpaired) electrons. The molecule has 4 nitrogen and oxygen atoms in total. The molecule has 5 rings (SSSR count). The van der Waals surface area contributed by atoms with Crippen molar-refractivity contribution < 1.29 is 9.40 Å². The second-order valence-electron chi connectivity index (χ2n) is 6.67. The molecule has 1 aliphatic heterocycles. The van der Waals surface area contributed by atoms with Gasteiger partial charge in [0.25, 0.3) is 5.52 Å². The third-order valence-electron chi connectivity index (χ3n) is 5.14. The van der Waals surface area contributed by atoms with Crippen molar-refractivity contribution in [3.8, 4) is 0 Å². The lowest BCUT2D eigenvalue weighted by Gasteiger charge is -2.16. The van der Waals surface area contributed by atoms with Gasteiger partial charge in [0.2, 0.25) is 11.1 Å². The van der Waals surface area contributed by atoms with Gasteiger partial charge in [0.05, 0.1) is 10.7 Å². The van der Waals surface area contributed by atoms with Crippen molar-refractivity contribution in [2.75, 3.05) is 25.0 Å². The van der Waals surface area contributed by atoms with E-state index in [1.165, 1.54) is 23.9 Å². The van der Waals surface area contributed by atoms with Gasteiger partial charge in [-0.1, -0.05) is 12.1 Å². The van der Waals surface area contributed by atoms with E-state index < -0.39 is 0 Å². The fourth-order valence-corrected chi connectivity index (χ4v) is 3.76. The third kappa shape index (κ3) is 2.37. The van der Waals surface area contributed by atoms with Gasteiger partial charge in [0.1, 0.15) is 0 Å². The van der Waals surface area contributed by atoms with Crippen LogP contribution in [0.15, 0.2) is 57.9 Å². The average Bonchev–Trinajstić information content (AvgIpc) is 3.20. The van der Waals surface area contributed by atoms with E-state index in [0.29, 0.717) is 0 Å². The Balaban J connectivity index is 1.77. The van der Waals surface area contributed by atoms with Gasteiger partial charge in [-0.05, 0) is 42.5 Å². The molecular formula is C21H20N3O+. The summed E-state index contributed by atoms with van der Waals surface area (Å²) in [6.07, 6.45) is 2.55. The zero-order chi connectivity index (χ0) is 16.8. The van der Waals surface area contributed by atoms with Crippen molar-refractivity contribution in [3.05, 3.63) is 53.9 Å². The van der Waals surface area contributed by atoms with Gasteiger partial charge in [0, 0.05) is 38.0 Å². The Morgan fingerprint density at radius 2 is 1.80 bits per heavy atom. The minimum atomic E-state index is 0.867. The number of benzene rings is 3. The minimum Gasteiger partial charge on any atom is -0.443 e. The second kappa shape index (κ2) is 5.59. The van der Waals surface area contributed by atoms with Crippen LogP contribution in [0.2, 0.25) is 0 Å². The molecule has 4 aromatic rings. The first kappa shape index (κ1) is 14.5. The molecular weight excluding hydrogens is 310 g/mol. The van der Waals surface area contributed by atoms with Gasteiger partial charge in [-0.15, -0.1) is 0 Å². The number of rotatable bonds is 1. The minimum absolute atomic E-state index is 0.867. The molecule has 4 heteroatoms. The summed E-state index contributed by atoms with van der Waals surface area (Å²) in [6.45, 7) is 2.27. The standard InChI is InChI=1S/C21H19N3O/c1-22-15-6-4-14-5-9-19-21(17(14)12-15)23-18-8-7-16(13-20(18)25-19)24-10-2-3-11-24/h4-9,12-13H,2-3,10-11H2,1H3/p+1. The first-order chi connectivity index (χ1) is 12.3. The Labute approximate surface area is 145 Å². The normalized spacial score (nSPS) is 15.7. The maximum absolute atomic E-state index is 6.24. The Bertz CT molecular complexity index is 1170. The van der Waals surface area contributed by atoms with Crippen LogP contribution in [0.4, 0.5) is 5.69 Å². The topological polar surface area (TPSA) is 42.9 Å². The van der Waals surface area contributed by atoms with Crippen LogP contribution in [0.25, 0.3) is 33.0 Å². The lowest BCUT2D eigenvalue weighted by Crippen LogP contribution is -2.17. The van der Waals surface area contributed by atoms with Crippen molar-refractivity contribution in [1.29, 1.82) is 0 Å². The first-order valence-electron chi connectivity index (χ1n) is 8.82. The molecule has 3 aromatic carbocycles. The number of H-pyrrole nitrogens is 1. The molecule has 1 saturated heterocycles. The van der Waals surface area contributed by atoms with Crippen LogP contribution >= 0.6 is 0 Å². The first-order valence-corrected chi connectivity index (χ1v) is 8.82. The van der Waals surface area contributed by atoms with Gasteiger partial charge in [-0.2, -0.15) is 4.98 Å². The van der Waals surface area contributed by atoms with Crippen LogP contribution in [0.1, 0.15) is 12.8 Å². The van der Waals surface area contributed by atoms with Crippen molar-refractivity contribution in [1.82, 2.24) is 0 Å². The second-order valence-corrected chi connectivity index (χ2v) is 6.67. The van der Waals surface area contributed by atoms with E-state index in [4.69, 9.17) is 4.42 Å². The molecule has 1 aliphatic rings. The van der Waals surface area contributed by atoms with Crippen LogP contribution in [0.5, 0.6) is 0 Å². The summed E-state index contributed by atoms with van der Waals surface area (Å²) < 4.78 is 6.24. The van der Waals surface area contributed by atoms with Crippen molar-refractivity contribution in [2.24, 2.45) is 4.99 Å². The van der Waals surface area contributed by atoms with E-state index in [1.54, 1.807) is 0 Å². The van der Waals surface area contributed by atoms with E-state index in [2.05, 4.69) is 51.3 Å². The number of nitrogens with zero attached hydrogens (tertiary/aromatic N) is 2. The number of fused-ring (bicyclic) bond motifs is 4. The summed E-state index contributed by atoms with van der Waals surface area (Å²) >= 11 is 0. The van der Waals surface area contributed by atoms with Crippen LogP contribution < -0.4 is 15.2 Å². The van der Waals surface area contributed by atoms with E-state index in [0.717, 1.165) is 46.0 Å². The van der Waals surface area contributed by atoms with Gasteiger partial charge in [-0.3, -0.25) is 4.99 Å². The number of hydrogen-bond acceptors (Lipinski definition) is 3. The zero-order valence-electron chi connectivity index (χ0n) is 14.2.